The molecule has 0 saturated carbocycles. The van der Waals surface area contributed by atoms with Crippen LogP contribution < -0.4 is 0 Å². The van der Waals surface area contributed by atoms with Crippen LogP contribution in [0.1, 0.15) is 18.9 Å². The zero-order chi connectivity index (χ0) is 18.3. The highest BCUT2D eigenvalue weighted by Gasteiger charge is 2.25. The number of carbonyl (C=O) groups is 1. The molecule has 0 spiro atoms. The minimum absolute atomic E-state index is 0.0558. The maximum absolute atomic E-state index is 12.5. The molecule has 2 rings (SSSR count). The second kappa shape index (κ2) is 9.31. The molecule has 1 heterocycles. The molecule has 1 fully saturated rings. The Bertz CT molecular complexity index is 641. The number of likely N-dealkylation sites (N-methyl/N-ethyl adjacent to an activating group) is 1. The van der Waals surface area contributed by atoms with E-state index < -0.39 is 10.0 Å². The molecule has 0 radical (unpaired) electrons. The summed E-state index contributed by atoms with van der Waals surface area (Å²) in [6, 6.07) is 9.97. The fourth-order valence-electron chi connectivity index (χ4n) is 3.03. The summed E-state index contributed by atoms with van der Waals surface area (Å²) in [4.78, 5) is 16.6. The van der Waals surface area contributed by atoms with E-state index in [0.29, 0.717) is 26.1 Å². The number of benzene rings is 1. The zero-order valence-electron chi connectivity index (χ0n) is 15.2. The Labute approximate surface area is 151 Å². The van der Waals surface area contributed by atoms with E-state index in [-0.39, 0.29) is 12.5 Å². The van der Waals surface area contributed by atoms with Crippen molar-refractivity contribution in [3.05, 3.63) is 35.9 Å². The van der Waals surface area contributed by atoms with Crippen LogP contribution >= 0.6 is 0 Å². The van der Waals surface area contributed by atoms with Gasteiger partial charge in [-0.3, -0.25) is 4.79 Å². The SMILES string of the molecule is CCN1CCN(C(=O)CN(CCCc2ccccc2)S(C)(=O)=O)CC1. The summed E-state index contributed by atoms with van der Waals surface area (Å²) in [6.07, 6.45) is 2.68. The summed E-state index contributed by atoms with van der Waals surface area (Å²) in [5.41, 5.74) is 1.18. The third-order valence-corrected chi connectivity index (χ3v) is 5.92. The van der Waals surface area contributed by atoms with Gasteiger partial charge in [0.25, 0.3) is 0 Å². The Balaban J connectivity index is 1.86. The topological polar surface area (TPSA) is 60.9 Å². The zero-order valence-corrected chi connectivity index (χ0v) is 16.0. The number of hydrogen-bond donors (Lipinski definition) is 0. The molecule has 1 aromatic rings. The second-order valence-corrected chi connectivity index (χ2v) is 8.48. The van der Waals surface area contributed by atoms with E-state index in [1.165, 1.54) is 16.1 Å². The van der Waals surface area contributed by atoms with Crippen molar-refractivity contribution in [3.8, 4) is 0 Å². The average molecular weight is 368 g/mol. The van der Waals surface area contributed by atoms with Gasteiger partial charge < -0.3 is 9.80 Å². The van der Waals surface area contributed by atoms with Gasteiger partial charge in [0.2, 0.25) is 15.9 Å². The third-order valence-electron chi connectivity index (χ3n) is 4.67. The van der Waals surface area contributed by atoms with Gasteiger partial charge in [-0.05, 0) is 24.9 Å². The Morgan fingerprint density at radius 1 is 1.12 bits per heavy atom. The number of hydrogen-bond acceptors (Lipinski definition) is 4. The highest BCUT2D eigenvalue weighted by Crippen LogP contribution is 2.08. The van der Waals surface area contributed by atoms with Crippen LogP contribution in [-0.4, -0.2) is 80.5 Å². The normalized spacial score (nSPS) is 16.4. The number of aryl methyl sites for hydroxylation is 1. The summed E-state index contributed by atoms with van der Waals surface area (Å²) >= 11 is 0. The molecule has 0 atom stereocenters. The van der Waals surface area contributed by atoms with Gasteiger partial charge in [0.1, 0.15) is 0 Å². The van der Waals surface area contributed by atoms with Crippen molar-refractivity contribution in [3.63, 3.8) is 0 Å². The molecule has 140 valence electrons. The predicted molar refractivity (Wildman–Crippen MR) is 99.9 cm³/mol. The van der Waals surface area contributed by atoms with Crippen molar-refractivity contribution in [1.82, 2.24) is 14.1 Å². The molecule has 0 unspecified atom stereocenters. The molecule has 0 aromatic heterocycles. The molecule has 1 aliphatic heterocycles. The van der Waals surface area contributed by atoms with Crippen molar-refractivity contribution >= 4 is 15.9 Å². The molecule has 25 heavy (non-hydrogen) atoms. The van der Waals surface area contributed by atoms with Crippen LogP contribution in [0.2, 0.25) is 0 Å². The average Bonchev–Trinajstić information content (AvgIpc) is 2.61. The first-order chi connectivity index (χ1) is 11.9. The summed E-state index contributed by atoms with van der Waals surface area (Å²) < 4.78 is 25.4. The van der Waals surface area contributed by atoms with Crippen molar-refractivity contribution in [1.29, 1.82) is 0 Å². The Kier molecular flexibility index (Phi) is 7.40. The minimum Gasteiger partial charge on any atom is -0.339 e. The van der Waals surface area contributed by atoms with Crippen molar-refractivity contribution in [2.24, 2.45) is 0 Å². The molecule has 1 saturated heterocycles. The third kappa shape index (κ3) is 6.41. The summed E-state index contributed by atoms with van der Waals surface area (Å²) in [6.45, 7) is 6.47. The van der Waals surface area contributed by atoms with Crippen molar-refractivity contribution in [2.75, 3.05) is 52.1 Å². The van der Waals surface area contributed by atoms with Gasteiger partial charge in [-0.2, -0.15) is 4.31 Å². The van der Waals surface area contributed by atoms with Crippen LogP contribution in [0.5, 0.6) is 0 Å². The number of sulfonamides is 1. The van der Waals surface area contributed by atoms with Gasteiger partial charge in [-0.1, -0.05) is 37.3 Å². The molecule has 1 aliphatic rings. The molecule has 0 aliphatic carbocycles. The lowest BCUT2D eigenvalue weighted by Gasteiger charge is -2.35. The lowest BCUT2D eigenvalue weighted by Crippen LogP contribution is -2.51. The predicted octanol–water partition coefficient (Wildman–Crippen LogP) is 1.04. The van der Waals surface area contributed by atoms with E-state index in [4.69, 9.17) is 0 Å². The smallest absolute Gasteiger partial charge is 0.237 e. The number of rotatable bonds is 8. The van der Waals surface area contributed by atoms with Crippen LogP contribution in [0, 0.1) is 0 Å². The van der Waals surface area contributed by atoms with E-state index in [0.717, 1.165) is 26.1 Å². The Morgan fingerprint density at radius 2 is 1.76 bits per heavy atom. The molecular formula is C18H29N3O3S. The highest BCUT2D eigenvalue weighted by molar-refractivity contribution is 7.88. The van der Waals surface area contributed by atoms with Crippen LogP contribution in [0.15, 0.2) is 30.3 Å². The first-order valence-electron chi connectivity index (χ1n) is 8.89. The molecule has 0 N–H and O–H groups in total. The van der Waals surface area contributed by atoms with Crippen LogP contribution in [-0.2, 0) is 21.2 Å². The molecular weight excluding hydrogens is 338 g/mol. The van der Waals surface area contributed by atoms with Gasteiger partial charge in [-0.15, -0.1) is 0 Å². The molecule has 1 aromatic carbocycles. The molecule has 0 bridgehead atoms. The van der Waals surface area contributed by atoms with Gasteiger partial charge >= 0.3 is 0 Å². The van der Waals surface area contributed by atoms with Gasteiger partial charge in [0.15, 0.2) is 0 Å². The van der Waals surface area contributed by atoms with Crippen LogP contribution in [0.25, 0.3) is 0 Å². The monoisotopic (exact) mass is 367 g/mol. The number of amides is 1. The van der Waals surface area contributed by atoms with E-state index in [2.05, 4.69) is 11.8 Å². The summed E-state index contributed by atoms with van der Waals surface area (Å²) in [5.74, 6) is -0.0964. The first-order valence-corrected chi connectivity index (χ1v) is 10.7. The lowest BCUT2D eigenvalue weighted by molar-refractivity contribution is -0.133. The van der Waals surface area contributed by atoms with Crippen molar-refractivity contribution < 1.29 is 13.2 Å². The summed E-state index contributed by atoms with van der Waals surface area (Å²) in [5, 5.41) is 0. The Morgan fingerprint density at radius 3 is 2.32 bits per heavy atom. The molecule has 6 nitrogen and oxygen atoms in total. The van der Waals surface area contributed by atoms with Gasteiger partial charge in [0, 0.05) is 32.7 Å². The molecule has 1 amide bonds. The fraction of sp³-hybridized carbons (Fsp3) is 0.611. The van der Waals surface area contributed by atoms with E-state index in [9.17, 15) is 13.2 Å². The number of carbonyl (C=O) groups excluding carboxylic acids is 1. The maximum Gasteiger partial charge on any atom is 0.237 e. The fourth-order valence-corrected chi connectivity index (χ4v) is 3.84. The summed E-state index contributed by atoms with van der Waals surface area (Å²) in [7, 11) is -3.39. The molecule has 7 heteroatoms. The van der Waals surface area contributed by atoms with Gasteiger partial charge in [-0.25, -0.2) is 8.42 Å². The van der Waals surface area contributed by atoms with E-state index in [1.807, 2.05) is 30.3 Å². The maximum atomic E-state index is 12.5. The Hall–Kier alpha value is -1.44. The van der Waals surface area contributed by atoms with E-state index in [1.54, 1.807) is 4.90 Å². The number of nitrogens with zero attached hydrogens (tertiary/aromatic N) is 3. The quantitative estimate of drug-likeness (QED) is 0.689. The second-order valence-electron chi connectivity index (χ2n) is 6.50. The largest absolute Gasteiger partial charge is 0.339 e. The van der Waals surface area contributed by atoms with Gasteiger partial charge in [0.05, 0.1) is 12.8 Å². The minimum atomic E-state index is -3.39. The highest BCUT2D eigenvalue weighted by atomic mass is 32.2. The lowest BCUT2D eigenvalue weighted by atomic mass is 10.1. The van der Waals surface area contributed by atoms with Crippen LogP contribution in [0.4, 0.5) is 0 Å². The van der Waals surface area contributed by atoms with Crippen molar-refractivity contribution in [2.45, 2.75) is 19.8 Å². The van der Waals surface area contributed by atoms with Crippen LogP contribution in [0.3, 0.4) is 0 Å². The number of piperazine rings is 1. The standard InChI is InChI=1S/C18H29N3O3S/c1-3-19-12-14-20(15-13-19)18(22)16-21(25(2,23)24)11-7-10-17-8-5-4-6-9-17/h4-6,8-9H,3,7,10-16H2,1-2H3. The first kappa shape index (κ1) is 19.9. The van der Waals surface area contributed by atoms with E-state index >= 15 is 0 Å².